The Bertz CT molecular complexity index is 994. The minimum atomic E-state index is -0.532. The van der Waals surface area contributed by atoms with Crippen molar-refractivity contribution in [3.8, 4) is 11.5 Å². The summed E-state index contributed by atoms with van der Waals surface area (Å²) in [5.74, 6) is -0.00810. The van der Waals surface area contributed by atoms with Gasteiger partial charge in [-0.05, 0) is 54.8 Å². The normalized spacial score (nSPS) is 16.8. The molecule has 2 aliphatic heterocycles. The smallest absolute Gasteiger partial charge is 0.277 e. The molecule has 4 rings (SSSR count). The van der Waals surface area contributed by atoms with E-state index in [9.17, 15) is 9.59 Å². The summed E-state index contributed by atoms with van der Waals surface area (Å²) in [5.41, 5.74) is 2.24. The van der Waals surface area contributed by atoms with Gasteiger partial charge in [-0.25, -0.2) is 4.90 Å². The summed E-state index contributed by atoms with van der Waals surface area (Å²) in [7, 11) is 3.04. The molecule has 7 heteroatoms. The molecule has 150 valence electrons. The van der Waals surface area contributed by atoms with Gasteiger partial charge in [0.1, 0.15) is 5.03 Å². The zero-order chi connectivity index (χ0) is 20.5. The Morgan fingerprint density at radius 3 is 2.07 bits per heavy atom. The van der Waals surface area contributed by atoms with E-state index in [2.05, 4.69) is 4.90 Å². The number of hydrogen-bond donors (Lipinski definition) is 0. The van der Waals surface area contributed by atoms with Crippen LogP contribution in [0.25, 0.3) is 5.57 Å². The fraction of sp³-hybridized carbons (Fsp3) is 0.273. The van der Waals surface area contributed by atoms with E-state index in [-0.39, 0.29) is 10.6 Å². The molecule has 1 saturated heterocycles. The molecule has 0 unspecified atom stereocenters. The molecular formula is C22H21ClN2O4. The minimum Gasteiger partial charge on any atom is -0.493 e. The fourth-order valence-electron chi connectivity index (χ4n) is 3.77. The lowest BCUT2D eigenvalue weighted by Gasteiger charge is -2.20. The van der Waals surface area contributed by atoms with Crippen LogP contribution in [0.1, 0.15) is 18.4 Å². The third-order valence-electron chi connectivity index (χ3n) is 5.28. The second-order valence-corrected chi connectivity index (χ2v) is 7.29. The van der Waals surface area contributed by atoms with Crippen molar-refractivity contribution in [3.05, 3.63) is 53.1 Å². The third kappa shape index (κ3) is 3.34. The van der Waals surface area contributed by atoms with Crippen molar-refractivity contribution >= 4 is 40.4 Å². The van der Waals surface area contributed by atoms with Gasteiger partial charge in [0.25, 0.3) is 11.8 Å². The average Bonchev–Trinajstić information content (AvgIpc) is 3.35. The fourth-order valence-corrected chi connectivity index (χ4v) is 4.04. The molecule has 2 aromatic rings. The summed E-state index contributed by atoms with van der Waals surface area (Å²) >= 11 is 6.29. The van der Waals surface area contributed by atoms with E-state index in [1.807, 2.05) is 12.1 Å². The molecule has 6 nitrogen and oxygen atoms in total. The van der Waals surface area contributed by atoms with Crippen LogP contribution in [0.2, 0.25) is 0 Å². The summed E-state index contributed by atoms with van der Waals surface area (Å²) in [4.78, 5) is 29.3. The molecule has 0 radical (unpaired) electrons. The summed E-state index contributed by atoms with van der Waals surface area (Å²) in [6, 6.07) is 12.4. The van der Waals surface area contributed by atoms with E-state index in [4.69, 9.17) is 21.1 Å². The summed E-state index contributed by atoms with van der Waals surface area (Å²) < 4.78 is 10.5. The molecule has 2 aliphatic rings. The van der Waals surface area contributed by atoms with Crippen LogP contribution in [0.3, 0.4) is 0 Å². The van der Waals surface area contributed by atoms with Gasteiger partial charge < -0.3 is 14.4 Å². The van der Waals surface area contributed by atoms with Crippen LogP contribution in [0.15, 0.2) is 47.5 Å². The number of methoxy groups -OCH3 is 2. The third-order valence-corrected chi connectivity index (χ3v) is 5.63. The molecule has 0 saturated carbocycles. The first-order valence-corrected chi connectivity index (χ1v) is 9.79. The van der Waals surface area contributed by atoms with Crippen LogP contribution in [-0.2, 0) is 9.59 Å². The molecule has 2 heterocycles. The number of carbonyl (C=O) groups is 2. The van der Waals surface area contributed by atoms with Crippen LogP contribution >= 0.6 is 11.6 Å². The van der Waals surface area contributed by atoms with Gasteiger partial charge in [-0.1, -0.05) is 17.7 Å². The molecule has 0 N–H and O–H groups in total. The quantitative estimate of drug-likeness (QED) is 0.698. The Balaban J connectivity index is 1.64. The van der Waals surface area contributed by atoms with Crippen LogP contribution in [-0.4, -0.2) is 39.1 Å². The zero-order valence-corrected chi connectivity index (χ0v) is 17.0. The number of nitrogens with zero attached hydrogens (tertiary/aromatic N) is 2. The van der Waals surface area contributed by atoms with Crippen LogP contribution in [0.4, 0.5) is 11.4 Å². The van der Waals surface area contributed by atoms with Crippen molar-refractivity contribution in [1.29, 1.82) is 0 Å². The molecule has 0 spiro atoms. The second kappa shape index (κ2) is 7.79. The number of ether oxygens (including phenoxy) is 2. The summed E-state index contributed by atoms with van der Waals surface area (Å²) in [6.45, 7) is 2.05. The summed E-state index contributed by atoms with van der Waals surface area (Å²) in [6.07, 6.45) is 2.36. The maximum atomic E-state index is 13.1. The average molecular weight is 413 g/mol. The van der Waals surface area contributed by atoms with Crippen molar-refractivity contribution in [1.82, 2.24) is 0 Å². The summed E-state index contributed by atoms with van der Waals surface area (Å²) in [5, 5.41) is -0.106. The lowest BCUT2D eigenvalue weighted by Crippen LogP contribution is -2.31. The Hall–Kier alpha value is -2.99. The van der Waals surface area contributed by atoms with Gasteiger partial charge >= 0.3 is 0 Å². The van der Waals surface area contributed by atoms with Crippen LogP contribution in [0, 0.1) is 0 Å². The first-order valence-electron chi connectivity index (χ1n) is 9.41. The number of benzene rings is 2. The SMILES string of the molecule is COc1ccc(C2=C(Cl)C(=O)N(c3ccc(N4CCCC4)cc3)C2=O)cc1OC. The van der Waals surface area contributed by atoms with Crippen molar-refractivity contribution < 1.29 is 19.1 Å². The molecule has 2 amide bonds. The zero-order valence-electron chi connectivity index (χ0n) is 16.3. The lowest BCUT2D eigenvalue weighted by molar-refractivity contribution is -0.119. The Morgan fingerprint density at radius 2 is 1.45 bits per heavy atom. The Kier molecular flexibility index (Phi) is 5.20. The number of hydrogen-bond acceptors (Lipinski definition) is 5. The molecule has 1 fully saturated rings. The molecule has 0 aliphatic carbocycles. The van der Waals surface area contributed by atoms with Gasteiger partial charge in [0.2, 0.25) is 0 Å². The maximum Gasteiger partial charge on any atom is 0.277 e. The highest BCUT2D eigenvalue weighted by molar-refractivity contribution is 6.60. The van der Waals surface area contributed by atoms with Gasteiger partial charge in [0.15, 0.2) is 11.5 Å². The predicted molar refractivity (Wildman–Crippen MR) is 113 cm³/mol. The second-order valence-electron chi connectivity index (χ2n) is 6.92. The number of amides is 2. The number of carbonyl (C=O) groups excluding carboxylic acids is 2. The van der Waals surface area contributed by atoms with Crippen molar-refractivity contribution in [2.45, 2.75) is 12.8 Å². The number of anilines is 2. The number of imide groups is 1. The predicted octanol–water partition coefficient (Wildman–Crippen LogP) is 3.83. The van der Waals surface area contributed by atoms with Crippen LogP contribution in [0.5, 0.6) is 11.5 Å². The highest BCUT2D eigenvalue weighted by atomic mass is 35.5. The largest absolute Gasteiger partial charge is 0.493 e. The van der Waals surface area contributed by atoms with E-state index in [0.29, 0.717) is 22.7 Å². The first-order chi connectivity index (χ1) is 14.0. The van der Waals surface area contributed by atoms with Gasteiger partial charge in [-0.2, -0.15) is 0 Å². The van der Waals surface area contributed by atoms with Crippen molar-refractivity contribution in [2.24, 2.45) is 0 Å². The molecule has 0 bridgehead atoms. The van der Waals surface area contributed by atoms with E-state index in [1.54, 1.807) is 30.3 Å². The van der Waals surface area contributed by atoms with Gasteiger partial charge in [-0.3, -0.25) is 9.59 Å². The van der Waals surface area contributed by atoms with E-state index < -0.39 is 11.8 Å². The number of halogens is 1. The number of rotatable bonds is 5. The van der Waals surface area contributed by atoms with Crippen molar-refractivity contribution in [3.63, 3.8) is 0 Å². The molecule has 29 heavy (non-hydrogen) atoms. The molecule has 0 atom stereocenters. The first kappa shape index (κ1) is 19.3. The minimum absolute atomic E-state index is 0.106. The highest BCUT2D eigenvalue weighted by Crippen LogP contribution is 2.38. The maximum absolute atomic E-state index is 13.1. The molecular weight excluding hydrogens is 392 g/mol. The van der Waals surface area contributed by atoms with Gasteiger partial charge in [0.05, 0.1) is 25.5 Å². The Labute approximate surface area is 174 Å². The Morgan fingerprint density at radius 1 is 0.828 bits per heavy atom. The highest BCUT2D eigenvalue weighted by Gasteiger charge is 2.39. The standard InChI is InChI=1S/C22H21ClN2O4/c1-28-17-10-5-14(13-18(17)29-2)19-20(23)22(27)25(21(19)26)16-8-6-15(7-9-16)24-11-3-4-12-24/h5-10,13H,3-4,11-12H2,1-2H3. The van der Waals surface area contributed by atoms with Crippen LogP contribution < -0.4 is 19.3 Å². The monoisotopic (exact) mass is 412 g/mol. The topological polar surface area (TPSA) is 59.1 Å². The molecule has 0 aromatic heterocycles. The lowest BCUT2D eigenvalue weighted by atomic mass is 10.1. The van der Waals surface area contributed by atoms with Gasteiger partial charge in [-0.15, -0.1) is 0 Å². The van der Waals surface area contributed by atoms with Gasteiger partial charge in [0, 0.05) is 18.8 Å². The van der Waals surface area contributed by atoms with Crippen molar-refractivity contribution in [2.75, 3.05) is 37.1 Å². The van der Waals surface area contributed by atoms with E-state index >= 15 is 0 Å². The molecule has 2 aromatic carbocycles. The van der Waals surface area contributed by atoms with E-state index in [1.165, 1.54) is 27.1 Å². The van der Waals surface area contributed by atoms with E-state index in [0.717, 1.165) is 23.7 Å².